The number of nitrogens with one attached hydrogen (secondary N) is 2. The highest BCUT2D eigenvalue weighted by Crippen LogP contribution is 2.54. The molecule has 6 heterocycles. The lowest BCUT2D eigenvalue weighted by molar-refractivity contribution is -0.121. The highest BCUT2D eigenvalue weighted by molar-refractivity contribution is 6.03. The van der Waals surface area contributed by atoms with Crippen LogP contribution in [-0.4, -0.2) is 79.7 Å². The van der Waals surface area contributed by atoms with Crippen LogP contribution in [0.3, 0.4) is 0 Å². The number of nitrogens with zero attached hydrogens (tertiary/aromatic N) is 8. The first-order valence-electron chi connectivity index (χ1n) is 19.1. The van der Waals surface area contributed by atoms with Crippen molar-refractivity contribution in [1.82, 2.24) is 41.0 Å². The number of carbonyl (C=O) groups is 4. The summed E-state index contributed by atoms with van der Waals surface area (Å²) in [5.41, 5.74) is 3.61. The zero-order chi connectivity index (χ0) is 39.8. The first-order valence-corrected chi connectivity index (χ1v) is 19.1. The Morgan fingerprint density at radius 2 is 1.28 bits per heavy atom. The number of fused-ring (bicyclic) bond motifs is 4. The van der Waals surface area contributed by atoms with Gasteiger partial charge < -0.3 is 19.5 Å². The molecule has 6 aromatic rings. The van der Waals surface area contributed by atoms with E-state index in [-0.39, 0.29) is 66.1 Å². The molecule has 4 amide bonds. The van der Waals surface area contributed by atoms with Crippen molar-refractivity contribution in [3.05, 3.63) is 143 Å². The quantitative estimate of drug-likeness (QED) is 0.192. The Morgan fingerprint density at radius 1 is 0.690 bits per heavy atom. The van der Waals surface area contributed by atoms with Gasteiger partial charge in [-0.1, -0.05) is 72.8 Å². The van der Waals surface area contributed by atoms with E-state index in [0.29, 0.717) is 37.3 Å². The third-order valence-electron chi connectivity index (χ3n) is 11.0. The minimum absolute atomic E-state index is 0.0193. The molecule has 3 aliphatic rings. The lowest BCUT2D eigenvalue weighted by Gasteiger charge is -2.28. The van der Waals surface area contributed by atoms with Gasteiger partial charge in [-0.3, -0.25) is 29.0 Å². The molecule has 16 heteroatoms. The summed E-state index contributed by atoms with van der Waals surface area (Å²) >= 11 is 0. The maximum atomic E-state index is 14.6. The molecule has 292 valence electrons. The summed E-state index contributed by atoms with van der Waals surface area (Å²) in [4.78, 5) is 67.8. The van der Waals surface area contributed by atoms with E-state index >= 15 is 0 Å². The number of carbonyl (C=O) groups excluding carboxylic acids is 4. The van der Waals surface area contributed by atoms with Gasteiger partial charge in [-0.05, 0) is 71.4 Å². The second-order valence-corrected chi connectivity index (χ2v) is 14.8. The molecule has 58 heavy (non-hydrogen) atoms. The average molecular weight is 779 g/mol. The summed E-state index contributed by atoms with van der Waals surface area (Å²) in [6, 6.07) is 24.8. The molecule has 0 saturated heterocycles. The van der Waals surface area contributed by atoms with Gasteiger partial charge in [-0.15, -0.1) is 20.4 Å². The van der Waals surface area contributed by atoms with Crippen LogP contribution >= 0.6 is 0 Å². The van der Waals surface area contributed by atoms with E-state index in [0.717, 1.165) is 22.3 Å². The number of amides is 4. The minimum atomic E-state index is -0.979. The number of rotatable bonds is 11. The van der Waals surface area contributed by atoms with Crippen LogP contribution < -0.4 is 20.4 Å². The van der Waals surface area contributed by atoms with Crippen molar-refractivity contribution in [2.75, 3.05) is 23.4 Å². The normalized spacial score (nSPS) is 20.9. The summed E-state index contributed by atoms with van der Waals surface area (Å²) < 4.78 is 11.4. The van der Waals surface area contributed by atoms with E-state index < -0.39 is 23.9 Å². The van der Waals surface area contributed by atoms with Gasteiger partial charge in [-0.2, -0.15) is 0 Å². The SMILES string of the molecule is CN1C(=O)[C@H](NC(=O)c2nnc(Cc3ccccc3)o2)C[C@H](CCN2C(=O)[C@@H](NC(=O)c3nnc(Cc4ccccc4)o3)[C@H]3C[C@H]3c3cccnc32)c2cccnc21. The number of hydrogen-bond donors (Lipinski definition) is 2. The van der Waals surface area contributed by atoms with E-state index in [4.69, 9.17) is 8.83 Å². The molecule has 4 aromatic heterocycles. The van der Waals surface area contributed by atoms with Crippen molar-refractivity contribution in [3.63, 3.8) is 0 Å². The average Bonchev–Trinajstić information content (AvgIpc) is 3.70. The maximum Gasteiger partial charge on any atom is 0.309 e. The molecule has 16 nitrogen and oxygen atoms in total. The molecule has 1 saturated carbocycles. The van der Waals surface area contributed by atoms with Crippen LogP contribution in [0.2, 0.25) is 0 Å². The molecule has 2 N–H and O–H groups in total. The molecular formula is C42H38N10O6. The fourth-order valence-corrected chi connectivity index (χ4v) is 8.04. The highest BCUT2D eigenvalue weighted by atomic mass is 16.4. The van der Waals surface area contributed by atoms with Gasteiger partial charge in [0.15, 0.2) is 0 Å². The molecule has 0 radical (unpaired) electrons. The standard InChI is InChI=1S/C42H38N10O6/c1-51-35-27(14-8-17-43-35)26(22-31(41(51)55)45-37(53)39-49-47-32(57-39)20-24-10-4-2-5-11-24)16-19-52-36-28(15-9-18-44-36)29-23-30(29)34(42(52)56)46-38(54)40-50-48-33(58-40)21-25-12-6-3-7-13-25/h2-15,17-18,26,29-31,34H,16,19-23H2,1H3,(H,45,53)(H,46,54)/t26-,29-,30-,31+,34-/m0/s1. The highest BCUT2D eigenvalue weighted by Gasteiger charge is 2.53. The van der Waals surface area contributed by atoms with E-state index in [2.05, 4.69) is 41.0 Å². The van der Waals surface area contributed by atoms with Crippen molar-refractivity contribution in [2.24, 2.45) is 5.92 Å². The van der Waals surface area contributed by atoms with E-state index in [1.54, 1.807) is 30.4 Å². The Labute approximate surface area is 332 Å². The first kappa shape index (κ1) is 36.5. The number of aromatic nitrogens is 6. The molecule has 2 aromatic carbocycles. The largest absolute Gasteiger partial charge is 0.417 e. The Hall–Kier alpha value is -7.10. The molecule has 0 unspecified atom stereocenters. The fourth-order valence-electron chi connectivity index (χ4n) is 8.04. The molecule has 1 aliphatic carbocycles. The lowest BCUT2D eigenvalue weighted by atomic mass is 9.90. The summed E-state index contributed by atoms with van der Waals surface area (Å²) in [7, 11) is 1.62. The van der Waals surface area contributed by atoms with Crippen molar-refractivity contribution < 1.29 is 28.0 Å². The molecule has 0 bridgehead atoms. The summed E-state index contributed by atoms with van der Waals surface area (Å²) in [5, 5.41) is 21.8. The van der Waals surface area contributed by atoms with Crippen LogP contribution in [-0.2, 0) is 22.4 Å². The maximum absolute atomic E-state index is 14.6. The molecule has 2 aliphatic heterocycles. The van der Waals surface area contributed by atoms with Gasteiger partial charge >= 0.3 is 23.6 Å². The topological polar surface area (TPSA) is 202 Å². The van der Waals surface area contributed by atoms with Crippen LogP contribution in [0.15, 0.2) is 106 Å². The Morgan fingerprint density at radius 3 is 1.91 bits per heavy atom. The summed E-state index contributed by atoms with van der Waals surface area (Å²) in [5.74, 6) is -1.41. The van der Waals surface area contributed by atoms with Gasteiger partial charge in [0.25, 0.3) is 5.91 Å². The van der Waals surface area contributed by atoms with Gasteiger partial charge in [0, 0.05) is 26.0 Å². The molecular weight excluding hydrogens is 741 g/mol. The van der Waals surface area contributed by atoms with Gasteiger partial charge in [0.05, 0.1) is 12.8 Å². The third kappa shape index (κ3) is 7.31. The fraction of sp³-hybridized carbons (Fsp3) is 0.286. The molecule has 9 rings (SSSR count). The minimum Gasteiger partial charge on any atom is -0.417 e. The number of anilines is 2. The third-order valence-corrected chi connectivity index (χ3v) is 11.0. The predicted octanol–water partition coefficient (Wildman–Crippen LogP) is 4.01. The predicted molar refractivity (Wildman–Crippen MR) is 207 cm³/mol. The summed E-state index contributed by atoms with van der Waals surface area (Å²) in [6.45, 7) is 0.195. The molecule has 0 spiro atoms. The Balaban J connectivity index is 0.938. The monoisotopic (exact) mass is 778 g/mol. The van der Waals surface area contributed by atoms with Gasteiger partial charge in [-0.25, -0.2) is 9.97 Å². The number of hydrogen-bond acceptors (Lipinski definition) is 12. The van der Waals surface area contributed by atoms with Crippen LogP contribution in [0, 0.1) is 5.92 Å². The lowest BCUT2D eigenvalue weighted by Crippen LogP contribution is -2.50. The molecule has 1 fully saturated rings. The van der Waals surface area contributed by atoms with Gasteiger partial charge in [0.1, 0.15) is 23.7 Å². The zero-order valence-electron chi connectivity index (χ0n) is 31.4. The summed E-state index contributed by atoms with van der Waals surface area (Å²) in [6.07, 6.45) is 5.24. The van der Waals surface area contributed by atoms with Crippen molar-refractivity contribution in [2.45, 2.75) is 56.0 Å². The first-order chi connectivity index (χ1) is 28.3. The van der Waals surface area contributed by atoms with Crippen LogP contribution in [0.4, 0.5) is 11.6 Å². The molecule has 5 atom stereocenters. The van der Waals surface area contributed by atoms with E-state index in [1.165, 1.54) is 4.90 Å². The van der Waals surface area contributed by atoms with E-state index in [9.17, 15) is 19.2 Å². The number of likely N-dealkylation sites (N-methyl/N-ethyl adjacent to an activating group) is 1. The smallest absolute Gasteiger partial charge is 0.309 e. The second-order valence-electron chi connectivity index (χ2n) is 14.8. The number of pyridine rings is 2. The van der Waals surface area contributed by atoms with Gasteiger partial charge in [0.2, 0.25) is 17.7 Å². The second kappa shape index (κ2) is 15.4. The van der Waals surface area contributed by atoms with Crippen LogP contribution in [0.25, 0.3) is 0 Å². The van der Waals surface area contributed by atoms with Crippen molar-refractivity contribution in [3.8, 4) is 0 Å². The van der Waals surface area contributed by atoms with E-state index in [1.807, 2.05) is 78.9 Å². The van der Waals surface area contributed by atoms with Crippen LogP contribution in [0.5, 0.6) is 0 Å². The zero-order valence-corrected chi connectivity index (χ0v) is 31.4. The Kier molecular flexibility index (Phi) is 9.73. The van der Waals surface area contributed by atoms with Crippen molar-refractivity contribution in [1.29, 1.82) is 0 Å². The number of benzene rings is 2. The Bertz CT molecular complexity index is 2490. The van der Waals surface area contributed by atoms with Crippen molar-refractivity contribution >= 4 is 35.3 Å². The van der Waals surface area contributed by atoms with Crippen LogP contribution in [0.1, 0.15) is 86.5 Å².